The first-order valence-corrected chi connectivity index (χ1v) is 6.73. The highest BCUT2D eigenvalue weighted by Crippen LogP contribution is 1.88. The fraction of sp³-hybridized carbons (Fsp3) is 0.182. The summed E-state index contributed by atoms with van der Waals surface area (Å²) in [5.74, 6) is 0. The minimum Gasteiger partial charge on any atom is -0.0616 e. The summed E-state index contributed by atoms with van der Waals surface area (Å²) in [5.41, 5.74) is 0. The molecule has 0 aromatic heterocycles. The van der Waals surface area contributed by atoms with E-state index < -0.39 is 0 Å². The Morgan fingerprint density at radius 2 is 1.42 bits per heavy atom. The highest BCUT2D eigenvalue weighted by Gasteiger charge is 1.98. The first-order chi connectivity index (χ1) is 5.77. The predicted molar refractivity (Wildman–Crippen MR) is 57.1 cm³/mol. The molecule has 1 aromatic carbocycles. The van der Waals surface area contributed by atoms with Gasteiger partial charge in [-0.1, -0.05) is 49.5 Å². The minimum absolute atomic E-state index is 0.273. The van der Waals surface area contributed by atoms with Crippen molar-refractivity contribution in [1.29, 1.82) is 0 Å². The van der Waals surface area contributed by atoms with Gasteiger partial charge in [0.15, 0.2) is 0 Å². The van der Waals surface area contributed by atoms with Crippen LogP contribution in [0.1, 0.15) is 0 Å². The van der Waals surface area contributed by atoms with Crippen LogP contribution in [0.15, 0.2) is 24.3 Å². The molecule has 0 bridgehead atoms. The van der Waals surface area contributed by atoms with E-state index in [1.54, 1.807) is 5.17 Å². The Labute approximate surface area is 74.1 Å². The zero-order valence-corrected chi connectivity index (χ0v) is 8.46. The Bertz CT molecular complexity index is 411. The van der Waals surface area contributed by atoms with Crippen LogP contribution in [-0.2, 0) is 0 Å². The van der Waals surface area contributed by atoms with Gasteiger partial charge < -0.3 is 0 Å². The molecule has 1 aliphatic rings. The van der Waals surface area contributed by atoms with E-state index in [0.717, 1.165) is 0 Å². The molecule has 0 heterocycles. The topological polar surface area (TPSA) is 0 Å². The number of hydrogen-bond acceptors (Lipinski definition) is 0. The number of benzene rings is 1. The second-order valence-corrected chi connectivity index (χ2v) is 5.95. The van der Waals surface area contributed by atoms with Gasteiger partial charge in [0.05, 0.1) is 0 Å². The molecule has 0 fully saturated rings. The molecule has 1 aromatic rings. The molecule has 0 radical (unpaired) electrons. The van der Waals surface area contributed by atoms with Gasteiger partial charge in [-0.05, 0) is 15.6 Å². The van der Waals surface area contributed by atoms with Crippen molar-refractivity contribution in [3.63, 3.8) is 0 Å². The maximum absolute atomic E-state index is 2.33. The molecule has 0 atom stereocenters. The Balaban J connectivity index is 2.77. The van der Waals surface area contributed by atoms with Crippen molar-refractivity contribution in [3.05, 3.63) is 34.7 Å². The van der Waals surface area contributed by atoms with E-state index in [9.17, 15) is 0 Å². The van der Waals surface area contributed by atoms with Crippen LogP contribution in [0.25, 0.3) is 12.2 Å². The van der Waals surface area contributed by atoms with Crippen LogP contribution in [0, 0.1) is 0 Å². The molecule has 0 saturated carbocycles. The predicted octanol–water partition coefficient (Wildman–Crippen LogP) is 0.770. The smallest absolute Gasteiger partial charge is 0.0128 e. The van der Waals surface area contributed by atoms with Gasteiger partial charge in [-0.15, -0.1) is 0 Å². The van der Waals surface area contributed by atoms with Crippen molar-refractivity contribution in [2.45, 2.75) is 13.1 Å². The van der Waals surface area contributed by atoms with E-state index >= 15 is 0 Å². The number of fused-ring (bicyclic) bond motifs is 1. The van der Waals surface area contributed by atoms with E-state index in [0.29, 0.717) is 0 Å². The highest BCUT2D eigenvalue weighted by molar-refractivity contribution is 6.79. The van der Waals surface area contributed by atoms with Crippen molar-refractivity contribution in [2.75, 3.05) is 0 Å². The Hall–Kier alpha value is -0.953. The van der Waals surface area contributed by atoms with Crippen molar-refractivity contribution in [3.8, 4) is 0 Å². The van der Waals surface area contributed by atoms with E-state index in [4.69, 9.17) is 0 Å². The lowest BCUT2D eigenvalue weighted by molar-refractivity contribution is 1.55. The summed E-state index contributed by atoms with van der Waals surface area (Å²) in [4.78, 5) is 0. The fourth-order valence-corrected chi connectivity index (χ4v) is 2.33. The number of rotatable bonds is 0. The van der Waals surface area contributed by atoms with Gasteiger partial charge in [0.2, 0.25) is 0 Å². The average Bonchev–Trinajstić information content (AvgIpc) is 2.46. The van der Waals surface area contributed by atoms with Gasteiger partial charge in [0.1, 0.15) is 0 Å². The van der Waals surface area contributed by atoms with E-state index in [1.165, 1.54) is 10.4 Å². The highest BCUT2D eigenvalue weighted by atomic mass is 28.2. The third-order valence-electron chi connectivity index (χ3n) is 2.20. The van der Waals surface area contributed by atoms with Crippen LogP contribution in [-0.4, -0.2) is 13.6 Å². The van der Waals surface area contributed by atoms with Crippen molar-refractivity contribution >= 4 is 25.7 Å². The molecule has 1 heteroatoms. The van der Waals surface area contributed by atoms with Crippen molar-refractivity contribution in [1.82, 2.24) is 0 Å². The van der Waals surface area contributed by atoms with Crippen molar-refractivity contribution < 1.29 is 0 Å². The molecule has 0 spiro atoms. The van der Waals surface area contributed by atoms with Crippen LogP contribution < -0.4 is 10.4 Å². The van der Waals surface area contributed by atoms with Gasteiger partial charge in [0.25, 0.3) is 0 Å². The zero-order valence-electron chi connectivity index (χ0n) is 7.46. The monoisotopic (exact) mass is 172 g/mol. The third kappa shape index (κ3) is 1.21. The molecule has 0 saturated heterocycles. The summed E-state index contributed by atoms with van der Waals surface area (Å²) in [6.45, 7) is 4.66. The fourth-order valence-electron chi connectivity index (χ4n) is 1.44. The standard InChI is InChI=1S/C11H12Si/c1-12(2)11-7-9-5-3-4-6-10(9)8-11/h3-8H,1-2H3. The number of hydrogen-bond donors (Lipinski definition) is 0. The van der Waals surface area contributed by atoms with Gasteiger partial charge >= 0.3 is 0 Å². The quantitative estimate of drug-likeness (QED) is 0.507. The Kier molecular flexibility index (Phi) is 1.81. The molecular weight excluding hydrogens is 160 g/mol. The molecule has 60 valence electrons. The summed E-state index contributed by atoms with van der Waals surface area (Å²) in [6, 6.07) is 8.57. The first-order valence-electron chi connectivity index (χ1n) is 4.23. The maximum atomic E-state index is 2.33. The normalized spacial score (nSPS) is 13.3. The Morgan fingerprint density at radius 3 is 1.83 bits per heavy atom. The van der Waals surface area contributed by atoms with Gasteiger partial charge in [-0.3, -0.25) is 0 Å². The third-order valence-corrected chi connectivity index (χ3v) is 3.64. The summed E-state index contributed by atoms with van der Waals surface area (Å²) in [7, 11) is -0.273. The Morgan fingerprint density at radius 1 is 0.917 bits per heavy atom. The molecule has 0 nitrogen and oxygen atoms in total. The summed E-state index contributed by atoms with van der Waals surface area (Å²) < 4.78 is 0. The van der Waals surface area contributed by atoms with Crippen molar-refractivity contribution in [2.24, 2.45) is 0 Å². The molecule has 0 unspecified atom stereocenters. The van der Waals surface area contributed by atoms with E-state index in [2.05, 4.69) is 49.5 Å². The molecule has 1 aliphatic carbocycles. The summed E-state index contributed by atoms with van der Waals surface area (Å²) in [5, 5.41) is 4.32. The second-order valence-electron chi connectivity index (χ2n) is 3.37. The van der Waals surface area contributed by atoms with Crippen LogP contribution in [0.5, 0.6) is 0 Å². The van der Waals surface area contributed by atoms with Crippen LogP contribution in [0.2, 0.25) is 13.1 Å². The second kappa shape index (κ2) is 2.83. The van der Waals surface area contributed by atoms with E-state index in [1.807, 2.05) is 0 Å². The first kappa shape index (κ1) is 7.68. The molecule has 0 aliphatic heterocycles. The largest absolute Gasteiger partial charge is 0.0616 e. The van der Waals surface area contributed by atoms with Gasteiger partial charge in [0, 0.05) is 8.41 Å². The van der Waals surface area contributed by atoms with E-state index in [-0.39, 0.29) is 8.41 Å². The molecule has 2 rings (SSSR count). The summed E-state index contributed by atoms with van der Waals surface area (Å²) in [6.07, 6.45) is 4.65. The summed E-state index contributed by atoms with van der Waals surface area (Å²) >= 11 is 0. The lowest BCUT2D eigenvalue weighted by Gasteiger charge is -1.89. The lowest BCUT2D eigenvalue weighted by Crippen LogP contribution is -2.19. The van der Waals surface area contributed by atoms with Gasteiger partial charge in [-0.25, -0.2) is 0 Å². The molecule has 0 amide bonds. The SMILES string of the molecule is C[Si](C)=C1C=c2ccccc2=C1. The van der Waals surface area contributed by atoms with Crippen LogP contribution in [0.3, 0.4) is 0 Å². The lowest BCUT2D eigenvalue weighted by atomic mass is 10.3. The zero-order chi connectivity index (χ0) is 8.55. The molecule has 12 heavy (non-hydrogen) atoms. The minimum atomic E-state index is -0.273. The molecular formula is C11H12Si. The van der Waals surface area contributed by atoms with Crippen LogP contribution >= 0.6 is 0 Å². The van der Waals surface area contributed by atoms with Gasteiger partial charge in [-0.2, -0.15) is 0 Å². The average molecular weight is 172 g/mol. The van der Waals surface area contributed by atoms with Crippen LogP contribution in [0.4, 0.5) is 0 Å². The maximum Gasteiger partial charge on any atom is 0.0128 e. The molecule has 0 N–H and O–H groups in total.